The van der Waals surface area contributed by atoms with Crippen LogP contribution in [0.25, 0.3) is 11.3 Å². The van der Waals surface area contributed by atoms with Gasteiger partial charge in [0.1, 0.15) is 17.2 Å². The minimum atomic E-state index is -0.444. The van der Waals surface area contributed by atoms with Crippen molar-refractivity contribution in [2.75, 3.05) is 23.3 Å². The molecule has 0 spiro atoms. The highest BCUT2D eigenvalue weighted by molar-refractivity contribution is 9.10. The maximum absolute atomic E-state index is 14.4. The SMILES string of the molecule is O=C(Nc1c(F)cccc1N1CCCC1)c1cc(-c2ccc(Br)cc2)n[nH]1. The van der Waals surface area contributed by atoms with E-state index in [4.69, 9.17) is 0 Å². The van der Waals surface area contributed by atoms with Crippen LogP contribution in [0.2, 0.25) is 0 Å². The number of carbonyl (C=O) groups excluding carboxylic acids is 1. The quantitative estimate of drug-likeness (QED) is 0.625. The van der Waals surface area contributed by atoms with E-state index in [1.54, 1.807) is 12.1 Å². The van der Waals surface area contributed by atoms with Gasteiger partial charge in [0.05, 0.1) is 11.4 Å². The largest absolute Gasteiger partial charge is 0.370 e. The van der Waals surface area contributed by atoms with Crippen molar-refractivity contribution in [2.45, 2.75) is 12.8 Å². The Hall–Kier alpha value is -2.67. The smallest absolute Gasteiger partial charge is 0.273 e. The molecule has 1 aliphatic rings. The van der Waals surface area contributed by atoms with E-state index in [9.17, 15) is 9.18 Å². The zero-order valence-corrected chi connectivity index (χ0v) is 16.1. The molecule has 27 heavy (non-hydrogen) atoms. The molecule has 0 atom stereocenters. The van der Waals surface area contributed by atoms with E-state index in [-0.39, 0.29) is 11.4 Å². The van der Waals surface area contributed by atoms with Crippen LogP contribution >= 0.6 is 15.9 Å². The Kier molecular flexibility index (Phi) is 4.94. The highest BCUT2D eigenvalue weighted by Crippen LogP contribution is 2.31. The van der Waals surface area contributed by atoms with Gasteiger partial charge >= 0.3 is 0 Å². The van der Waals surface area contributed by atoms with Crippen LogP contribution in [0.15, 0.2) is 53.0 Å². The number of H-pyrrole nitrogens is 1. The summed E-state index contributed by atoms with van der Waals surface area (Å²) in [6.45, 7) is 1.73. The Bertz CT molecular complexity index is 964. The molecular formula is C20H18BrFN4O. The molecule has 2 N–H and O–H groups in total. The predicted molar refractivity (Wildman–Crippen MR) is 108 cm³/mol. The highest BCUT2D eigenvalue weighted by Gasteiger charge is 2.21. The van der Waals surface area contributed by atoms with Crippen molar-refractivity contribution in [3.05, 3.63) is 64.5 Å². The summed E-state index contributed by atoms with van der Waals surface area (Å²) in [5.74, 6) is -0.864. The third-order valence-corrected chi connectivity index (χ3v) is 5.17. The van der Waals surface area contributed by atoms with Gasteiger partial charge in [-0.25, -0.2) is 4.39 Å². The van der Waals surface area contributed by atoms with Crippen LogP contribution in [0.3, 0.4) is 0 Å². The lowest BCUT2D eigenvalue weighted by Crippen LogP contribution is -2.22. The van der Waals surface area contributed by atoms with Gasteiger partial charge in [-0.05, 0) is 43.2 Å². The van der Waals surface area contributed by atoms with Gasteiger partial charge in [0, 0.05) is 23.1 Å². The second-order valence-electron chi connectivity index (χ2n) is 6.46. The molecule has 2 aromatic carbocycles. The summed E-state index contributed by atoms with van der Waals surface area (Å²) < 4.78 is 15.4. The van der Waals surface area contributed by atoms with Gasteiger partial charge in [0.25, 0.3) is 5.91 Å². The number of nitrogens with zero attached hydrogens (tertiary/aromatic N) is 2. The number of hydrogen-bond acceptors (Lipinski definition) is 3. The zero-order valence-electron chi connectivity index (χ0n) is 14.5. The molecule has 7 heteroatoms. The lowest BCUT2D eigenvalue weighted by Gasteiger charge is -2.21. The molecule has 0 aliphatic carbocycles. The normalized spacial score (nSPS) is 13.8. The van der Waals surface area contributed by atoms with Gasteiger partial charge in [-0.3, -0.25) is 9.89 Å². The van der Waals surface area contributed by atoms with Crippen molar-refractivity contribution in [3.8, 4) is 11.3 Å². The summed E-state index contributed by atoms with van der Waals surface area (Å²) in [5.41, 5.74) is 2.75. The Balaban J connectivity index is 1.57. The third-order valence-electron chi connectivity index (χ3n) is 4.64. The number of aromatic amines is 1. The number of halogens is 2. The molecule has 138 valence electrons. The number of anilines is 2. The molecule has 1 aliphatic heterocycles. The van der Waals surface area contributed by atoms with Gasteiger partial charge < -0.3 is 10.2 Å². The number of rotatable bonds is 4. The molecule has 0 bridgehead atoms. The molecule has 0 saturated carbocycles. The summed E-state index contributed by atoms with van der Waals surface area (Å²) in [7, 11) is 0. The average Bonchev–Trinajstić information content (AvgIpc) is 3.36. The maximum Gasteiger partial charge on any atom is 0.273 e. The summed E-state index contributed by atoms with van der Waals surface area (Å²) >= 11 is 3.39. The first kappa shape index (κ1) is 17.7. The molecular weight excluding hydrogens is 411 g/mol. The van der Waals surface area contributed by atoms with Crippen LogP contribution in [-0.2, 0) is 0 Å². The van der Waals surface area contributed by atoms with Crippen molar-refractivity contribution in [1.29, 1.82) is 0 Å². The maximum atomic E-state index is 14.4. The Labute approximate surface area is 164 Å². The standard InChI is InChI=1S/C20H18BrFN4O/c21-14-8-6-13(7-9-14)16-12-17(25-24-16)20(27)23-19-15(22)4-3-5-18(19)26-10-1-2-11-26/h3-9,12H,1-2,10-11H2,(H,23,27)(H,24,25). The van der Waals surface area contributed by atoms with Crippen LogP contribution < -0.4 is 10.2 Å². The summed E-state index contributed by atoms with van der Waals surface area (Å²) in [6.07, 6.45) is 2.14. The average molecular weight is 429 g/mol. The van der Waals surface area contributed by atoms with Crippen molar-refractivity contribution in [2.24, 2.45) is 0 Å². The number of nitrogens with one attached hydrogen (secondary N) is 2. The fraction of sp³-hybridized carbons (Fsp3) is 0.200. The van der Waals surface area contributed by atoms with Gasteiger partial charge in [-0.2, -0.15) is 5.10 Å². The van der Waals surface area contributed by atoms with Crippen molar-refractivity contribution >= 4 is 33.2 Å². The summed E-state index contributed by atoms with van der Waals surface area (Å²) in [5, 5.41) is 9.64. The fourth-order valence-electron chi connectivity index (χ4n) is 3.25. The Morgan fingerprint density at radius 1 is 1.15 bits per heavy atom. The number of aromatic nitrogens is 2. The zero-order chi connectivity index (χ0) is 18.8. The van der Waals surface area contributed by atoms with Gasteiger partial charge in [0.15, 0.2) is 0 Å². The molecule has 0 unspecified atom stereocenters. The van der Waals surface area contributed by atoms with Gasteiger partial charge in [-0.15, -0.1) is 0 Å². The lowest BCUT2D eigenvalue weighted by atomic mass is 10.1. The van der Waals surface area contributed by atoms with E-state index in [0.717, 1.165) is 36.0 Å². The monoisotopic (exact) mass is 428 g/mol. The topological polar surface area (TPSA) is 61.0 Å². The first-order valence-corrected chi connectivity index (χ1v) is 9.57. The molecule has 5 nitrogen and oxygen atoms in total. The van der Waals surface area contributed by atoms with Crippen molar-refractivity contribution in [1.82, 2.24) is 10.2 Å². The molecule has 1 fully saturated rings. The third kappa shape index (κ3) is 3.73. The van der Waals surface area contributed by atoms with E-state index in [0.29, 0.717) is 11.4 Å². The fourth-order valence-corrected chi connectivity index (χ4v) is 3.51. The van der Waals surface area contributed by atoms with Crippen LogP contribution in [0.5, 0.6) is 0 Å². The molecule has 1 saturated heterocycles. The van der Waals surface area contributed by atoms with Crippen LogP contribution in [0.1, 0.15) is 23.3 Å². The molecule has 4 rings (SSSR count). The van der Waals surface area contributed by atoms with E-state index < -0.39 is 11.7 Å². The number of hydrogen-bond donors (Lipinski definition) is 2. The van der Waals surface area contributed by atoms with E-state index in [1.165, 1.54) is 6.07 Å². The minimum absolute atomic E-state index is 0.212. The summed E-state index contributed by atoms with van der Waals surface area (Å²) in [4.78, 5) is 14.8. The minimum Gasteiger partial charge on any atom is -0.370 e. The lowest BCUT2D eigenvalue weighted by molar-refractivity contribution is 0.102. The van der Waals surface area contributed by atoms with Crippen LogP contribution in [-0.4, -0.2) is 29.2 Å². The summed E-state index contributed by atoms with van der Waals surface area (Å²) in [6, 6.07) is 14.2. The van der Waals surface area contributed by atoms with E-state index >= 15 is 0 Å². The molecule has 3 aromatic rings. The van der Waals surface area contributed by atoms with Crippen LogP contribution in [0.4, 0.5) is 15.8 Å². The highest BCUT2D eigenvalue weighted by atomic mass is 79.9. The number of para-hydroxylation sites is 1. The molecule has 2 heterocycles. The van der Waals surface area contributed by atoms with Crippen molar-refractivity contribution in [3.63, 3.8) is 0 Å². The Morgan fingerprint density at radius 3 is 2.63 bits per heavy atom. The first-order valence-electron chi connectivity index (χ1n) is 8.78. The second kappa shape index (κ2) is 7.52. The number of benzene rings is 2. The Morgan fingerprint density at radius 2 is 1.89 bits per heavy atom. The van der Waals surface area contributed by atoms with Crippen LogP contribution in [0, 0.1) is 5.82 Å². The van der Waals surface area contributed by atoms with E-state index in [2.05, 4.69) is 36.3 Å². The van der Waals surface area contributed by atoms with Gasteiger partial charge in [0.2, 0.25) is 0 Å². The second-order valence-corrected chi connectivity index (χ2v) is 7.37. The number of carbonyl (C=O) groups is 1. The molecule has 1 amide bonds. The van der Waals surface area contributed by atoms with E-state index in [1.807, 2.05) is 30.3 Å². The predicted octanol–water partition coefficient (Wildman–Crippen LogP) is 4.83. The first-order chi connectivity index (χ1) is 13.1. The molecule has 1 aromatic heterocycles. The number of amides is 1. The molecule has 0 radical (unpaired) electrons. The van der Waals surface area contributed by atoms with Crippen molar-refractivity contribution < 1.29 is 9.18 Å². The van der Waals surface area contributed by atoms with Gasteiger partial charge in [-0.1, -0.05) is 34.1 Å².